The number of alkyl halides is 3. The van der Waals surface area contributed by atoms with Crippen molar-refractivity contribution >= 4 is 22.3 Å². The van der Waals surface area contributed by atoms with E-state index in [4.69, 9.17) is 0 Å². The monoisotopic (exact) mass is 370 g/mol. The Hall–Kier alpha value is -2.95. The fourth-order valence-corrected chi connectivity index (χ4v) is 3.10. The summed E-state index contributed by atoms with van der Waals surface area (Å²) in [5.41, 5.74) is 2.80. The standard InChI is InChI=1S/C22H17F3O2/c23-22(24,25)21(27)14-17(26)13-12-16-7-2-4-10-19(16)20-11-5-8-15-6-1-3-9-18(15)20/h1-11H,12-14H2. The number of fused-ring (bicyclic) bond motifs is 1. The van der Waals surface area contributed by atoms with Gasteiger partial charge in [0.2, 0.25) is 5.78 Å². The lowest BCUT2D eigenvalue weighted by Crippen LogP contribution is -2.25. The van der Waals surface area contributed by atoms with Crippen molar-refractivity contribution in [1.82, 2.24) is 0 Å². The zero-order valence-corrected chi connectivity index (χ0v) is 14.4. The fraction of sp³-hybridized carbons (Fsp3) is 0.182. The van der Waals surface area contributed by atoms with E-state index in [1.807, 2.05) is 66.7 Å². The second-order valence-corrected chi connectivity index (χ2v) is 6.32. The molecule has 0 atom stereocenters. The molecular formula is C22H17F3O2. The van der Waals surface area contributed by atoms with Gasteiger partial charge in [0.15, 0.2) is 0 Å². The van der Waals surface area contributed by atoms with Gasteiger partial charge in [0.25, 0.3) is 0 Å². The molecule has 0 saturated carbocycles. The lowest BCUT2D eigenvalue weighted by molar-refractivity contribution is -0.171. The van der Waals surface area contributed by atoms with E-state index in [9.17, 15) is 22.8 Å². The van der Waals surface area contributed by atoms with Crippen LogP contribution < -0.4 is 0 Å². The minimum atomic E-state index is -4.96. The Labute approximate surface area is 154 Å². The topological polar surface area (TPSA) is 34.1 Å². The van der Waals surface area contributed by atoms with Gasteiger partial charge in [0.05, 0.1) is 6.42 Å². The van der Waals surface area contributed by atoms with Crippen molar-refractivity contribution in [3.8, 4) is 11.1 Å². The Kier molecular flexibility index (Phi) is 5.40. The van der Waals surface area contributed by atoms with E-state index in [-0.39, 0.29) is 12.8 Å². The first-order chi connectivity index (χ1) is 12.9. The quantitative estimate of drug-likeness (QED) is 0.535. The molecule has 5 heteroatoms. The van der Waals surface area contributed by atoms with Crippen LogP contribution in [0.5, 0.6) is 0 Å². The predicted octanol–water partition coefficient (Wildman–Crippen LogP) is 5.53. The van der Waals surface area contributed by atoms with Crippen LogP contribution in [-0.2, 0) is 16.0 Å². The molecule has 0 spiro atoms. The van der Waals surface area contributed by atoms with Crippen LogP contribution in [0.25, 0.3) is 21.9 Å². The summed E-state index contributed by atoms with van der Waals surface area (Å²) in [6, 6.07) is 21.4. The third kappa shape index (κ3) is 4.42. The number of carbonyl (C=O) groups excluding carboxylic acids is 2. The maximum absolute atomic E-state index is 12.3. The van der Waals surface area contributed by atoms with Crippen molar-refractivity contribution in [3.05, 3.63) is 72.3 Å². The number of rotatable bonds is 6. The Bertz CT molecular complexity index is 985. The highest BCUT2D eigenvalue weighted by molar-refractivity contribution is 6.02. The molecule has 3 aromatic rings. The minimum Gasteiger partial charge on any atom is -0.299 e. The third-order valence-corrected chi connectivity index (χ3v) is 4.44. The van der Waals surface area contributed by atoms with Crippen LogP contribution in [0.15, 0.2) is 66.7 Å². The average Bonchev–Trinajstić information content (AvgIpc) is 2.65. The largest absolute Gasteiger partial charge is 0.450 e. The highest BCUT2D eigenvalue weighted by Gasteiger charge is 2.38. The van der Waals surface area contributed by atoms with Crippen molar-refractivity contribution in [3.63, 3.8) is 0 Å². The maximum atomic E-state index is 12.3. The van der Waals surface area contributed by atoms with Crippen molar-refractivity contribution in [2.75, 3.05) is 0 Å². The molecule has 0 heterocycles. The highest BCUT2D eigenvalue weighted by atomic mass is 19.4. The van der Waals surface area contributed by atoms with Gasteiger partial charge in [-0.2, -0.15) is 13.2 Å². The second kappa shape index (κ2) is 7.74. The van der Waals surface area contributed by atoms with Gasteiger partial charge in [-0.15, -0.1) is 0 Å². The second-order valence-electron chi connectivity index (χ2n) is 6.32. The van der Waals surface area contributed by atoms with Crippen molar-refractivity contribution in [2.24, 2.45) is 0 Å². The summed E-state index contributed by atoms with van der Waals surface area (Å²) < 4.78 is 36.9. The number of aryl methyl sites for hydroxylation is 1. The van der Waals surface area contributed by atoms with Crippen molar-refractivity contribution in [2.45, 2.75) is 25.4 Å². The Morgan fingerprint density at radius 2 is 1.41 bits per heavy atom. The summed E-state index contributed by atoms with van der Waals surface area (Å²) >= 11 is 0. The van der Waals surface area contributed by atoms with Crippen LogP contribution in [0.1, 0.15) is 18.4 Å². The molecule has 3 aromatic carbocycles. The van der Waals surface area contributed by atoms with Crippen LogP contribution >= 0.6 is 0 Å². The van der Waals surface area contributed by atoms with Gasteiger partial charge in [0.1, 0.15) is 5.78 Å². The zero-order valence-electron chi connectivity index (χ0n) is 14.4. The molecule has 0 bridgehead atoms. The minimum absolute atomic E-state index is 0.108. The summed E-state index contributed by atoms with van der Waals surface area (Å²) in [6.07, 6.45) is -5.89. The Morgan fingerprint density at radius 3 is 2.19 bits per heavy atom. The van der Waals surface area contributed by atoms with Gasteiger partial charge < -0.3 is 0 Å². The van der Waals surface area contributed by atoms with Gasteiger partial charge in [-0.3, -0.25) is 9.59 Å². The number of Topliss-reactive ketones (excluding diaryl/α,β-unsaturated/α-hetero) is 2. The Morgan fingerprint density at radius 1 is 0.778 bits per heavy atom. The molecule has 138 valence electrons. The summed E-state index contributed by atoms with van der Waals surface area (Å²) in [4.78, 5) is 22.8. The molecule has 0 saturated heterocycles. The molecule has 0 fully saturated rings. The number of carbonyl (C=O) groups is 2. The molecule has 3 rings (SSSR count). The lowest BCUT2D eigenvalue weighted by atomic mass is 9.92. The van der Waals surface area contributed by atoms with Crippen LogP contribution in [0, 0.1) is 0 Å². The van der Waals surface area contributed by atoms with Gasteiger partial charge in [-0.05, 0) is 33.9 Å². The number of hydrogen-bond donors (Lipinski definition) is 0. The van der Waals surface area contributed by atoms with Crippen LogP contribution in [0.2, 0.25) is 0 Å². The van der Waals surface area contributed by atoms with Crippen LogP contribution in [-0.4, -0.2) is 17.7 Å². The van der Waals surface area contributed by atoms with Gasteiger partial charge in [0, 0.05) is 6.42 Å². The average molecular weight is 370 g/mol. The predicted molar refractivity (Wildman–Crippen MR) is 98.4 cm³/mol. The number of hydrogen-bond acceptors (Lipinski definition) is 2. The summed E-state index contributed by atoms with van der Waals surface area (Å²) in [5.74, 6) is -2.69. The van der Waals surface area contributed by atoms with E-state index in [0.29, 0.717) is 0 Å². The number of halogens is 3. The number of ketones is 2. The van der Waals surface area contributed by atoms with Gasteiger partial charge in [-0.25, -0.2) is 0 Å². The van der Waals surface area contributed by atoms with E-state index >= 15 is 0 Å². The highest BCUT2D eigenvalue weighted by Crippen LogP contribution is 2.31. The van der Waals surface area contributed by atoms with Gasteiger partial charge >= 0.3 is 6.18 Å². The van der Waals surface area contributed by atoms with E-state index < -0.39 is 24.2 Å². The molecular weight excluding hydrogens is 353 g/mol. The molecule has 0 unspecified atom stereocenters. The molecule has 0 radical (unpaired) electrons. The summed E-state index contributed by atoms with van der Waals surface area (Å²) in [7, 11) is 0. The first kappa shape index (κ1) is 18.8. The first-order valence-electron chi connectivity index (χ1n) is 8.54. The molecule has 0 aromatic heterocycles. The lowest BCUT2D eigenvalue weighted by Gasteiger charge is -2.12. The smallest absolute Gasteiger partial charge is 0.299 e. The van der Waals surface area contributed by atoms with E-state index in [0.717, 1.165) is 27.5 Å². The fourth-order valence-electron chi connectivity index (χ4n) is 3.10. The van der Waals surface area contributed by atoms with Crippen molar-refractivity contribution in [1.29, 1.82) is 0 Å². The molecule has 0 N–H and O–H groups in total. The van der Waals surface area contributed by atoms with Crippen LogP contribution in [0.3, 0.4) is 0 Å². The third-order valence-electron chi connectivity index (χ3n) is 4.44. The Balaban J connectivity index is 1.83. The van der Waals surface area contributed by atoms with E-state index in [2.05, 4.69) is 0 Å². The van der Waals surface area contributed by atoms with Crippen molar-refractivity contribution < 1.29 is 22.8 Å². The molecule has 0 amide bonds. The van der Waals surface area contributed by atoms with E-state index in [1.54, 1.807) is 0 Å². The molecule has 2 nitrogen and oxygen atoms in total. The first-order valence-corrected chi connectivity index (χ1v) is 8.54. The normalized spacial score (nSPS) is 11.5. The molecule has 27 heavy (non-hydrogen) atoms. The SMILES string of the molecule is O=C(CCc1ccccc1-c1cccc2ccccc12)CC(=O)C(F)(F)F. The molecule has 0 aliphatic rings. The summed E-state index contributed by atoms with van der Waals surface area (Å²) in [6.45, 7) is 0. The molecule has 0 aliphatic heterocycles. The van der Waals surface area contributed by atoms with E-state index in [1.165, 1.54) is 0 Å². The van der Waals surface area contributed by atoms with Gasteiger partial charge in [-0.1, -0.05) is 66.7 Å². The zero-order chi connectivity index (χ0) is 19.4. The van der Waals surface area contributed by atoms with Crippen LogP contribution in [0.4, 0.5) is 13.2 Å². The number of benzene rings is 3. The molecule has 0 aliphatic carbocycles. The maximum Gasteiger partial charge on any atom is 0.450 e. The summed E-state index contributed by atoms with van der Waals surface area (Å²) in [5, 5.41) is 2.14.